The van der Waals surface area contributed by atoms with E-state index in [1.54, 1.807) is 0 Å². The van der Waals surface area contributed by atoms with Gasteiger partial charge >= 0.3 is 5.97 Å². The third-order valence-corrected chi connectivity index (χ3v) is 5.79. The second-order valence-corrected chi connectivity index (χ2v) is 7.91. The highest BCUT2D eigenvalue weighted by Crippen LogP contribution is 2.51. The molecule has 3 nitrogen and oxygen atoms in total. The number of hydrogen-bond donors (Lipinski definition) is 1. The molecule has 27 heavy (non-hydrogen) atoms. The van der Waals surface area contributed by atoms with Crippen LogP contribution in [0.3, 0.4) is 0 Å². The zero-order valence-electron chi connectivity index (χ0n) is 16.4. The molecule has 0 bridgehead atoms. The highest BCUT2D eigenvalue weighted by molar-refractivity contribution is 5.66. The fourth-order valence-electron chi connectivity index (χ4n) is 4.41. The van der Waals surface area contributed by atoms with Crippen molar-refractivity contribution in [3.63, 3.8) is 0 Å². The summed E-state index contributed by atoms with van der Waals surface area (Å²) in [5, 5.41) is 8.87. The Morgan fingerprint density at radius 3 is 3.04 bits per heavy atom. The average Bonchev–Trinajstić information content (AvgIpc) is 3.20. The molecule has 0 spiro atoms. The zero-order chi connectivity index (χ0) is 19.2. The molecule has 1 aliphatic heterocycles. The molecule has 4 atom stereocenters. The van der Waals surface area contributed by atoms with Crippen LogP contribution in [-0.4, -0.2) is 17.2 Å². The Labute approximate surface area is 162 Å². The Kier molecular flexibility index (Phi) is 6.61. The molecular weight excluding hydrogens is 336 g/mol. The summed E-state index contributed by atoms with van der Waals surface area (Å²) in [7, 11) is 0. The molecule has 0 aromatic heterocycles. The Morgan fingerprint density at radius 1 is 1.41 bits per heavy atom. The van der Waals surface area contributed by atoms with Gasteiger partial charge in [-0.15, -0.1) is 11.8 Å². The maximum atomic E-state index is 10.8. The maximum absolute atomic E-state index is 10.8. The Hall–Kier alpha value is -2.21. The van der Waals surface area contributed by atoms with E-state index < -0.39 is 5.97 Å². The minimum absolute atomic E-state index is 0.211. The van der Waals surface area contributed by atoms with Crippen LogP contribution < -0.4 is 4.74 Å². The molecule has 0 saturated heterocycles. The number of fused-ring (bicyclic) bond motifs is 3. The predicted octanol–water partition coefficient (Wildman–Crippen LogP) is 5.34. The molecule has 1 aliphatic carbocycles. The lowest BCUT2D eigenvalue weighted by atomic mass is 9.87. The minimum Gasteiger partial charge on any atom is -0.489 e. The van der Waals surface area contributed by atoms with Gasteiger partial charge in [0.25, 0.3) is 0 Å². The van der Waals surface area contributed by atoms with Crippen molar-refractivity contribution in [3.8, 4) is 17.6 Å². The third-order valence-electron chi connectivity index (χ3n) is 5.79. The van der Waals surface area contributed by atoms with Crippen LogP contribution in [0, 0.1) is 23.7 Å². The smallest absolute Gasteiger partial charge is 0.303 e. The van der Waals surface area contributed by atoms with Crippen LogP contribution >= 0.6 is 0 Å². The van der Waals surface area contributed by atoms with Crippen molar-refractivity contribution < 1.29 is 14.6 Å². The first-order valence-corrected chi connectivity index (χ1v) is 10.2. The van der Waals surface area contributed by atoms with Gasteiger partial charge in [0, 0.05) is 24.3 Å². The number of hydrogen-bond acceptors (Lipinski definition) is 2. The van der Waals surface area contributed by atoms with E-state index in [9.17, 15) is 4.79 Å². The Bertz CT molecular complexity index is 753. The van der Waals surface area contributed by atoms with Crippen LogP contribution in [0.2, 0.25) is 0 Å². The standard InChI is InChI=1S/C24H30O3/c1-3-4-8-17(2)9-5-10-18-15-16-21-23(18)20-13-6-11-19(24(20)27-21)12-7-14-22(25)26/h5-6,10-11,13,17-18,21,23H,7-9,12,14-16H2,1-2H3,(H,25,26)/b10-5+/t17-,18-,21-,23-/m0/s1. The van der Waals surface area contributed by atoms with Gasteiger partial charge in [-0.05, 0) is 56.4 Å². The zero-order valence-corrected chi connectivity index (χ0v) is 16.4. The van der Waals surface area contributed by atoms with E-state index >= 15 is 0 Å². The number of rotatable bonds is 8. The lowest BCUT2D eigenvalue weighted by Gasteiger charge is -2.15. The monoisotopic (exact) mass is 366 g/mol. The molecule has 144 valence electrons. The lowest BCUT2D eigenvalue weighted by molar-refractivity contribution is -0.137. The first kappa shape index (κ1) is 19.5. The Morgan fingerprint density at radius 2 is 2.26 bits per heavy atom. The fraction of sp³-hybridized carbons (Fsp3) is 0.542. The summed E-state index contributed by atoms with van der Waals surface area (Å²) in [6.45, 7) is 4.15. The number of aryl methyl sites for hydroxylation is 1. The van der Waals surface area contributed by atoms with E-state index in [-0.39, 0.29) is 12.5 Å². The van der Waals surface area contributed by atoms with Gasteiger partial charge in [-0.2, -0.15) is 0 Å². The van der Waals surface area contributed by atoms with E-state index in [0.717, 1.165) is 37.0 Å². The number of allylic oxidation sites excluding steroid dienone is 2. The molecule has 0 amide bonds. The molecule has 1 saturated carbocycles. The molecule has 3 rings (SSSR count). The van der Waals surface area contributed by atoms with Crippen molar-refractivity contribution in [3.05, 3.63) is 41.5 Å². The highest BCUT2D eigenvalue weighted by Gasteiger charge is 2.44. The van der Waals surface area contributed by atoms with Gasteiger partial charge < -0.3 is 9.84 Å². The number of carbonyl (C=O) groups is 1. The van der Waals surface area contributed by atoms with E-state index in [1.165, 1.54) is 12.0 Å². The summed E-state index contributed by atoms with van der Waals surface area (Å²) in [6, 6.07) is 6.39. The van der Waals surface area contributed by atoms with E-state index in [4.69, 9.17) is 9.84 Å². The summed E-state index contributed by atoms with van der Waals surface area (Å²) in [6.07, 6.45) is 11.0. The summed E-state index contributed by atoms with van der Waals surface area (Å²) in [4.78, 5) is 10.8. The van der Waals surface area contributed by atoms with Gasteiger partial charge in [-0.1, -0.05) is 37.3 Å². The molecule has 1 heterocycles. The van der Waals surface area contributed by atoms with E-state index in [2.05, 4.69) is 49.1 Å². The minimum atomic E-state index is -0.732. The van der Waals surface area contributed by atoms with Crippen LogP contribution in [0.4, 0.5) is 0 Å². The van der Waals surface area contributed by atoms with Crippen LogP contribution in [-0.2, 0) is 11.2 Å². The van der Waals surface area contributed by atoms with Crippen molar-refractivity contribution in [1.29, 1.82) is 0 Å². The normalized spacial score (nSPS) is 24.0. The summed E-state index contributed by atoms with van der Waals surface area (Å²) >= 11 is 0. The van der Waals surface area contributed by atoms with Crippen LogP contribution in [0.1, 0.15) is 69.4 Å². The molecule has 3 heteroatoms. The summed E-state index contributed by atoms with van der Waals surface area (Å²) < 4.78 is 6.33. The number of benzene rings is 1. The lowest BCUT2D eigenvalue weighted by Crippen LogP contribution is -2.14. The second-order valence-electron chi connectivity index (χ2n) is 7.91. The maximum Gasteiger partial charge on any atom is 0.303 e. The number of carboxylic acid groups (broad SMARTS) is 1. The number of para-hydroxylation sites is 1. The van der Waals surface area contributed by atoms with Gasteiger partial charge in [-0.3, -0.25) is 4.79 Å². The molecule has 0 radical (unpaired) electrons. The first-order valence-electron chi connectivity index (χ1n) is 10.2. The van der Waals surface area contributed by atoms with E-state index in [1.807, 2.05) is 6.92 Å². The molecule has 1 aromatic carbocycles. The van der Waals surface area contributed by atoms with Crippen molar-refractivity contribution in [2.24, 2.45) is 11.8 Å². The predicted molar refractivity (Wildman–Crippen MR) is 108 cm³/mol. The average molecular weight is 367 g/mol. The Balaban J connectivity index is 1.66. The second kappa shape index (κ2) is 9.13. The molecule has 1 N–H and O–H groups in total. The van der Waals surface area contributed by atoms with Crippen LogP contribution in [0.5, 0.6) is 5.75 Å². The first-order chi connectivity index (χ1) is 13.1. The molecule has 1 fully saturated rings. The largest absolute Gasteiger partial charge is 0.489 e. The van der Waals surface area contributed by atoms with Crippen molar-refractivity contribution in [2.45, 2.75) is 70.8 Å². The van der Waals surface area contributed by atoms with Crippen LogP contribution in [0.25, 0.3) is 0 Å². The SMILES string of the molecule is CC#CC[C@H](C)C/C=C/[C@H]1CC[C@@H]2Oc3c(CCCC(=O)O)cccc3[C@@H]21. The highest BCUT2D eigenvalue weighted by atomic mass is 16.5. The van der Waals surface area contributed by atoms with Crippen LogP contribution in [0.15, 0.2) is 30.4 Å². The van der Waals surface area contributed by atoms with Gasteiger partial charge in [0.05, 0.1) is 0 Å². The summed E-state index contributed by atoms with van der Waals surface area (Å²) in [5.74, 6) is 8.02. The van der Waals surface area contributed by atoms with E-state index in [0.29, 0.717) is 24.2 Å². The van der Waals surface area contributed by atoms with Crippen molar-refractivity contribution >= 4 is 5.97 Å². The van der Waals surface area contributed by atoms with Crippen molar-refractivity contribution in [2.75, 3.05) is 0 Å². The summed E-state index contributed by atoms with van der Waals surface area (Å²) in [5.41, 5.74) is 2.49. The van der Waals surface area contributed by atoms with Gasteiger partial charge in [0.2, 0.25) is 0 Å². The number of carboxylic acids is 1. The number of ether oxygens (including phenoxy) is 1. The van der Waals surface area contributed by atoms with Gasteiger partial charge in [-0.25, -0.2) is 0 Å². The molecule has 0 unspecified atom stereocenters. The fourth-order valence-corrected chi connectivity index (χ4v) is 4.41. The quantitative estimate of drug-likeness (QED) is 0.499. The van der Waals surface area contributed by atoms with Gasteiger partial charge in [0.1, 0.15) is 11.9 Å². The van der Waals surface area contributed by atoms with Gasteiger partial charge in [0.15, 0.2) is 0 Å². The molecule has 2 aliphatic rings. The molecular formula is C24H30O3. The van der Waals surface area contributed by atoms with Crippen molar-refractivity contribution in [1.82, 2.24) is 0 Å². The molecule has 1 aromatic rings. The third kappa shape index (κ3) is 4.75. The topological polar surface area (TPSA) is 46.5 Å². The number of aliphatic carboxylic acids is 1.